The number of benzene rings is 2. The number of nitrogens with zero attached hydrogens (tertiary/aromatic N) is 1. The molecule has 0 radical (unpaired) electrons. The van der Waals surface area contributed by atoms with E-state index in [1.807, 2.05) is 32.9 Å². The highest BCUT2D eigenvalue weighted by molar-refractivity contribution is 7.49. The lowest BCUT2D eigenvalue weighted by atomic mass is 10.2. The van der Waals surface area contributed by atoms with Gasteiger partial charge in [-0.15, -0.1) is 0 Å². The minimum Gasteiger partial charge on any atom is -0.444 e. The van der Waals surface area contributed by atoms with E-state index in [4.69, 9.17) is 18.3 Å². The van der Waals surface area contributed by atoms with Gasteiger partial charge in [0.2, 0.25) is 0 Å². The lowest BCUT2D eigenvalue weighted by Gasteiger charge is -2.30. The minimum absolute atomic E-state index is 0.279. The summed E-state index contributed by atoms with van der Waals surface area (Å²) in [7, 11) is -4.01. The summed E-state index contributed by atoms with van der Waals surface area (Å²) < 4.78 is 35.7. The standard InChI is InChI=1S/C22H26NO6P/c1-22(2,3)26-21(24)23-16-14-20(15-17-23)29-30(25,27-18-10-6-4-7-11-18)28-19-12-8-5-9-13-19/h4-14H,15-17H2,1-3H3. The summed E-state index contributed by atoms with van der Waals surface area (Å²) in [4.78, 5) is 13.8. The first-order valence-corrected chi connectivity index (χ1v) is 11.1. The lowest BCUT2D eigenvalue weighted by Crippen LogP contribution is -2.39. The molecule has 0 bridgehead atoms. The maximum Gasteiger partial charge on any atom is 0.646 e. The number of phosphoric acid groups is 1. The lowest BCUT2D eigenvalue weighted by molar-refractivity contribution is 0.0258. The van der Waals surface area contributed by atoms with Crippen LogP contribution in [0.5, 0.6) is 11.5 Å². The molecule has 0 atom stereocenters. The van der Waals surface area contributed by atoms with Gasteiger partial charge in [0, 0.05) is 19.5 Å². The van der Waals surface area contributed by atoms with Gasteiger partial charge < -0.3 is 23.2 Å². The minimum atomic E-state index is -4.01. The Kier molecular flexibility index (Phi) is 6.73. The molecule has 30 heavy (non-hydrogen) atoms. The van der Waals surface area contributed by atoms with Gasteiger partial charge in [-0.25, -0.2) is 4.79 Å². The SMILES string of the molecule is CC(C)(C)OC(=O)N1CC=C(OP(=O)(Oc2ccccc2)Oc2ccccc2)CC1. The molecular formula is C22H26NO6P. The number of para-hydroxylation sites is 2. The van der Waals surface area contributed by atoms with E-state index in [2.05, 4.69) is 0 Å². The van der Waals surface area contributed by atoms with E-state index in [-0.39, 0.29) is 6.54 Å². The Hall–Kier alpha value is -2.92. The predicted octanol–water partition coefficient (Wildman–Crippen LogP) is 5.79. The van der Waals surface area contributed by atoms with E-state index in [1.165, 1.54) is 0 Å². The molecule has 1 heterocycles. The van der Waals surface area contributed by atoms with Crippen LogP contribution in [0.4, 0.5) is 4.79 Å². The molecule has 0 aromatic heterocycles. The molecule has 2 aromatic carbocycles. The second-order valence-electron chi connectivity index (χ2n) is 7.69. The van der Waals surface area contributed by atoms with Gasteiger partial charge in [-0.05, 0) is 51.1 Å². The first-order chi connectivity index (χ1) is 14.2. The smallest absolute Gasteiger partial charge is 0.444 e. The highest BCUT2D eigenvalue weighted by atomic mass is 31.2. The van der Waals surface area contributed by atoms with Crippen LogP contribution in [-0.4, -0.2) is 29.7 Å². The number of hydrogen-bond donors (Lipinski definition) is 0. The molecule has 1 aliphatic rings. The van der Waals surface area contributed by atoms with E-state index in [9.17, 15) is 9.36 Å². The van der Waals surface area contributed by atoms with Crippen LogP contribution in [0.2, 0.25) is 0 Å². The Morgan fingerprint density at radius 3 is 1.87 bits per heavy atom. The van der Waals surface area contributed by atoms with Crippen LogP contribution >= 0.6 is 7.82 Å². The van der Waals surface area contributed by atoms with Gasteiger partial charge in [-0.1, -0.05) is 36.4 Å². The maximum atomic E-state index is 13.4. The van der Waals surface area contributed by atoms with Crippen LogP contribution in [0.25, 0.3) is 0 Å². The number of carbonyl (C=O) groups excluding carboxylic acids is 1. The van der Waals surface area contributed by atoms with Crippen LogP contribution in [-0.2, 0) is 13.8 Å². The number of rotatable bonds is 6. The van der Waals surface area contributed by atoms with Crippen LogP contribution in [0, 0.1) is 0 Å². The largest absolute Gasteiger partial charge is 0.646 e. The third kappa shape index (κ3) is 6.56. The van der Waals surface area contributed by atoms with E-state index in [0.29, 0.717) is 30.2 Å². The van der Waals surface area contributed by atoms with Crippen LogP contribution < -0.4 is 9.05 Å². The molecular weight excluding hydrogens is 405 g/mol. The number of hydrogen-bond acceptors (Lipinski definition) is 6. The number of phosphoric ester groups is 1. The van der Waals surface area contributed by atoms with Gasteiger partial charge in [0.1, 0.15) is 22.9 Å². The summed E-state index contributed by atoms with van der Waals surface area (Å²) in [6.07, 6.45) is 1.64. The van der Waals surface area contributed by atoms with Crippen LogP contribution in [0.15, 0.2) is 72.5 Å². The predicted molar refractivity (Wildman–Crippen MR) is 113 cm³/mol. The van der Waals surface area contributed by atoms with E-state index >= 15 is 0 Å². The van der Waals surface area contributed by atoms with Gasteiger partial charge in [-0.2, -0.15) is 4.57 Å². The second kappa shape index (κ2) is 9.26. The Labute approximate surface area is 176 Å². The number of carbonyl (C=O) groups is 1. The Morgan fingerprint density at radius 1 is 0.900 bits per heavy atom. The van der Waals surface area contributed by atoms with Crippen molar-refractivity contribution >= 4 is 13.9 Å². The molecule has 1 amide bonds. The summed E-state index contributed by atoms with van der Waals surface area (Å²) in [5.74, 6) is 1.16. The normalized spacial score (nSPS) is 14.5. The Morgan fingerprint density at radius 2 is 1.43 bits per heavy atom. The molecule has 0 fully saturated rings. The van der Waals surface area contributed by atoms with Crippen molar-refractivity contribution in [2.24, 2.45) is 0 Å². The molecule has 0 unspecified atom stereocenters. The fraction of sp³-hybridized carbons (Fsp3) is 0.318. The zero-order valence-corrected chi connectivity index (χ0v) is 18.2. The van der Waals surface area contributed by atoms with Crippen molar-refractivity contribution < 1.29 is 27.7 Å². The first-order valence-electron chi connectivity index (χ1n) is 9.68. The van der Waals surface area contributed by atoms with Crippen LogP contribution in [0.1, 0.15) is 27.2 Å². The van der Waals surface area contributed by atoms with Crippen molar-refractivity contribution in [2.45, 2.75) is 32.8 Å². The summed E-state index contributed by atoms with van der Waals surface area (Å²) in [5.41, 5.74) is -0.569. The molecule has 2 aromatic rings. The summed E-state index contributed by atoms with van der Waals surface area (Å²) in [6.45, 7) is 6.10. The zero-order valence-electron chi connectivity index (χ0n) is 17.3. The Bertz CT molecular complexity index is 878. The van der Waals surface area contributed by atoms with Crippen molar-refractivity contribution in [1.82, 2.24) is 4.90 Å². The van der Waals surface area contributed by atoms with Crippen molar-refractivity contribution in [3.63, 3.8) is 0 Å². The van der Waals surface area contributed by atoms with E-state index in [1.54, 1.807) is 59.5 Å². The quantitative estimate of drug-likeness (QED) is 0.539. The van der Waals surface area contributed by atoms with Gasteiger partial charge >= 0.3 is 13.9 Å². The molecule has 0 spiro atoms. The molecule has 0 saturated heterocycles. The highest BCUT2D eigenvalue weighted by Gasteiger charge is 2.35. The number of ether oxygens (including phenoxy) is 1. The summed E-state index contributed by atoms with van der Waals surface area (Å²) >= 11 is 0. The molecule has 1 aliphatic heterocycles. The van der Waals surface area contributed by atoms with Crippen LogP contribution in [0.3, 0.4) is 0 Å². The van der Waals surface area contributed by atoms with Crippen molar-refractivity contribution in [2.75, 3.05) is 13.1 Å². The maximum absolute atomic E-state index is 13.4. The Balaban J connectivity index is 1.72. The molecule has 8 heteroatoms. The second-order valence-corrected chi connectivity index (χ2v) is 9.14. The zero-order chi connectivity index (χ0) is 21.6. The molecule has 7 nitrogen and oxygen atoms in total. The monoisotopic (exact) mass is 431 g/mol. The van der Waals surface area contributed by atoms with Gasteiger partial charge in [0.15, 0.2) is 0 Å². The van der Waals surface area contributed by atoms with Crippen molar-refractivity contribution in [3.8, 4) is 11.5 Å². The van der Waals surface area contributed by atoms with E-state index in [0.717, 1.165) is 0 Å². The fourth-order valence-corrected chi connectivity index (χ4v) is 3.97. The highest BCUT2D eigenvalue weighted by Crippen LogP contribution is 2.51. The first kappa shape index (κ1) is 21.8. The third-order valence-corrected chi connectivity index (χ3v) is 5.30. The van der Waals surface area contributed by atoms with Gasteiger partial charge in [0.05, 0.1) is 0 Å². The average molecular weight is 431 g/mol. The van der Waals surface area contributed by atoms with Crippen molar-refractivity contribution in [3.05, 3.63) is 72.5 Å². The van der Waals surface area contributed by atoms with Crippen molar-refractivity contribution in [1.29, 1.82) is 0 Å². The van der Waals surface area contributed by atoms with Gasteiger partial charge in [-0.3, -0.25) is 0 Å². The molecule has 160 valence electrons. The van der Waals surface area contributed by atoms with Gasteiger partial charge in [0.25, 0.3) is 0 Å². The molecule has 0 saturated carbocycles. The fourth-order valence-electron chi connectivity index (χ4n) is 2.65. The van der Waals surface area contributed by atoms with E-state index < -0.39 is 19.5 Å². The topological polar surface area (TPSA) is 74.3 Å². The number of amides is 1. The molecule has 3 rings (SSSR count). The third-order valence-electron chi connectivity index (χ3n) is 3.97. The summed E-state index contributed by atoms with van der Waals surface area (Å²) in [5, 5.41) is 0. The summed E-state index contributed by atoms with van der Waals surface area (Å²) in [6, 6.07) is 17.4. The molecule has 0 N–H and O–H groups in total. The molecule has 0 aliphatic carbocycles. The average Bonchev–Trinajstić information content (AvgIpc) is 2.68.